The van der Waals surface area contributed by atoms with Crippen molar-refractivity contribution in [2.45, 2.75) is 31.5 Å². The Morgan fingerprint density at radius 2 is 1.74 bits per heavy atom. The summed E-state index contributed by atoms with van der Waals surface area (Å²) in [6.07, 6.45) is -4.41. The van der Waals surface area contributed by atoms with Crippen LogP contribution in [-0.4, -0.2) is 49.0 Å². The fourth-order valence-electron chi connectivity index (χ4n) is 3.28. The molecule has 0 amide bonds. The number of hydrogen-bond donors (Lipinski definition) is 0. The van der Waals surface area contributed by atoms with Crippen molar-refractivity contribution in [3.8, 4) is 0 Å². The van der Waals surface area contributed by atoms with Crippen molar-refractivity contribution in [1.82, 2.24) is 14.4 Å². The highest BCUT2D eigenvalue weighted by Gasteiger charge is 2.35. The highest BCUT2D eigenvalue weighted by Crippen LogP contribution is 2.32. The predicted octanol–water partition coefficient (Wildman–Crippen LogP) is 2.82. The summed E-state index contributed by atoms with van der Waals surface area (Å²) in [5.41, 5.74) is -0.170. The highest BCUT2D eigenvalue weighted by molar-refractivity contribution is 7.89. The molecule has 0 saturated carbocycles. The lowest BCUT2D eigenvalue weighted by atomic mass is 10.1. The Kier molecular flexibility index (Phi) is 5.33. The molecule has 1 fully saturated rings. The minimum absolute atomic E-state index is 0.0679. The van der Waals surface area contributed by atoms with Gasteiger partial charge in [-0.25, -0.2) is 8.42 Å². The molecule has 1 saturated heterocycles. The molecule has 2 heterocycles. The summed E-state index contributed by atoms with van der Waals surface area (Å²) >= 11 is 0. The van der Waals surface area contributed by atoms with Gasteiger partial charge in [-0.15, -0.1) is 0 Å². The van der Waals surface area contributed by atoms with E-state index in [4.69, 9.17) is 4.52 Å². The van der Waals surface area contributed by atoms with Crippen LogP contribution in [0.1, 0.15) is 22.6 Å². The zero-order valence-corrected chi connectivity index (χ0v) is 15.8. The maximum absolute atomic E-state index is 13.1. The van der Waals surface area contributed by atoms with Gasteiger partial charge < -0.3 is 4.52 Å². The van der Waals surface area contributed by atoms with Crippen molar-refractivity contribution in [3.63, 3.8) is 0 Å². The lowest BCUT2D eigenvalue weighted by Gasteiger charge is -2.34. The molecule has 0 bridgehead atoms. The van der Waals surface area contributed by atoms with E-state index in [0.717, 1.165) is 6.07 Å². The van der Waals surface area contributed by atoms with E-state index in [1.807, 2.05) is 4.90 Å². The van der Waals surface area contributed by atoms with Crippen molar-refractivity contribution in [3.05, 3.63) is 46.8 Å². The van der Waals surface area contributed by atoms with Crippen molar-refractivity contribution in [2.75, 3.05) is 26.2 Å². The number of aromatic nitrogens is 1. The van der Waals surface area contributed by atoms with Gasteiger partial charge in [-0.05, 0) is 25.5 Å². The number of nitrogens with zero attached hydrogens (tertiary/aromatic N) is 3. The molecule has 0 unspecified atom stereocenters. The van der Waals surface area contributed by atoms with Gasteiger partial charge in [0.15, 0.2) is 5.76 Å². The molecule has 0 aliphatic carbocycles. The molecule has 1 aromatic carbocycles. The molecule has 2 aromatic rings. The number of sulfonamides is 1. The normalized spacial score (nSPS) is 17.4. The molecule has 3 rings (SSSR count). The van der Waals surface area contributed by atoms with Crippen LogP contribution in [0, 0.1) is 13.8 Å². The number of halogens is 3. The first kappa shape index (κ1) is 19.8. The molecule has 0 atom stereocenters. The topological polar surface area (TPSA) is 66.7 Å². The summed E-state index contributed by atoms with van der Waals surface area (Å²) < 4.78 is 71.3. The van der Waals surface area contributed by atoms with Crippen LogP contribution in [0.25, 0.3) is 0 Å². The van der Waals surface area contributed by atoms with E-state index in [1.165, 1.54) is 23.4 Å². The Morgan fingerprint density at radius 3 is 2.30 bits per heavy atom. The van der Waals surface area contributed by atoms with E-state index in [0.29, 0.717) is 18.8 Å². The minimum Gasteiger partial charge on any atom is -0.360 e. The van der Waals surface area contributed by atoms with E-state index >= 15 is 0 Å². The second kappa shape index (κ2) is 7.25. The summed E-state index contributed by atoms with van der Waals surface area (Å²) in [5, 5.41) is 3.68. The zero-order chi connectivity index (χ0) is 19.8. The molecule has 6 nitrogen and oxygen atoms in total. The van der Waals surface area contributed by atoms with Gasteiger partial charge in [0.05, 0.1) is 5.56 Å². The summed E-state index contributed by atoms with van der Waals surface area (Å²) in [7, 11) is -3.74. The number of piperazine rings is 1. The van der Waals surface area contributed by atoms with Crippen LogP contribution in [0.15, 0.2) is 33.7 Å². The van der Waals surface area contributed by atoms with E-state index in [-0.39, 0.29) is 35.9 Å². The first-order valence-corrected chi connectivity index (χ1v) is 9.85. The predicted molar refractivity (Wildman–Crippen MR) is 91.5 cm³/mol. The van der Waals surface area contributed by atoms with Crippen molar-refractivity contribution in [2.24, 2.45) is 0 Å². The Bertz CT molecular complexity index is 897. The molecule has 1 aromatic heterocycles. The van der Waals surface area contributed by atoms with Gasteiger partial charge >= 0.3 is 6.18 Å². The lowest BCUT2D eigenvalue weighted by Crippen LogP contribution is -2.48. The first-order chi connectivity index (χ1) is 12.6. The molecule has 0 spiro atoms. The fourth-order valence-corrected chi connectivity index (χ4v) is 4.99. The molecule has 27 heavy (non-hydrogen) atoms. The largest absolute Gasteiger partial charge is 0.416 e. The SMILES string of the molecule is Cc1noc(C)c1S(=O)(=O)N1CCN(Cc2ccccc2C(F)(F)F)CC1. The monoisotopic (exact) mass is 403 g/mol. The van der Waals surface area contributed by atoms with Gasteiger partial charge in [-0.1, -0.05) is 23.4 Å². The van der Waals surface area contributed by atoms with Gasteiger partial charge in [-0.2, -0.15) is 17.5 Å². The maximum Gasteiger partial charge on any atom is 0.416 e. The summed E-state index contributed by atoms with van der Waals surface area (Å²) in [4.78, 5) is 1.89. The number of benzene rings is 1. The van der Waals surface area contributed by atoms with Crippen LogP contribution in [-0.2, 0) is 22.7 Å². The number of alkyl halides is 3. The van der Waals surface area contributed by atoms with Gasteiger partial charge in [0.1, 0.15) is 10.6 Å². The van der Waals surface area contributed by atoms with Gasteiger partial charge in [0.25, 0.3) is 0 Å². The summed E-state index contributed by atoms with van der Waals surface area (Å²) in [6, 6.07) is 5.45. The first-order valence-electron chi connectivity index (χ1n) is 8.41. The van der Waals surface area contributed by atoms with E-state index < -0.39 is 21.8 Å². The second-order valence-electron chi connectivity index (χ2n) is 6.49. The maximum atomic E-state index is 13.1. The van der Waals surface area contributed by atoms with Crippen LogP contribution < -0.4 is 0 Å². The standard InChI is InChI=1S/C17H20F3N3O3S/c1-12-16(13(2)26-21-12)27(24,25)23-9-7-22(8-10-23)11-14-5-3-4-6-15(14)17(18,19)20/h3-6H,7-11H2,1-2H3. The molecular formula is C17H20F3N3O3S. The van der Waals surface area contributed by atoms with Crippen molar-refractivity contribution < 1.29 is 26.1 Å². The Balaban J connectivity index is 1.70. The van der Waals surface area contributed by atoms with Crippen LogP contribution in [0.2, 0.25) is 0 Å². The van der Waals surface area contributed by atoms with Crippen LogP contribution in [0.4, 0.5) is 13.2 Å². The van der Waals surface area contributed by atoms with E-state index in [9.17, 15) is 21.6 Å². The minimum atomic E-state index is -4.41. The fraction of sp³-hybridized carbons (Fsp3) is 0.471. The van der Waals surface area contributed by atoms with Crippen molar-refractivity contribution in [1.29, 1.82) is 0 Å². The highest BCUT2D eigenvalue weighted by atomic mass is 32.2. The Morgan fingerprint density at radius 1 is 1.11 bits per heavy atom. The second-order valence-corrected chi connectivity index (χ2v) is 8.36. The summed E-state index contributed by atoms with van der Waals surface area (Å²) in [5.74, 6) is 0.231. The van der Waals surface area contributed by atoms with Crippen LogP contribution in [0.3, 0.4) is 0 Å². The van der Waals surface area contributed by atoms with Gasteiger partial charge in [-0.3, -0.25) is 4.90 Å². The van der Waals surface area contributed by atoms with E-state index in [2.05, 4.69) is 5.16 Å². The number of hydrogen-bond acceptors (Lipinski definition) is 5. The van der Waals surface area contributed by atoms with Crippen molar-refractivity contribution >= 4 is 10.0 Å². The third kappa shape index (κ3) is 4.02. The smallest absolute Gasteiger partial charge is 0.360 e. The van der Waals surface area contributed by atoms with Crippen LogP contribution >= 0.6 is 0 Å². The van der Waals surface area contributed by atoms with Gasteiger partial charge in [0, 0.05) is 32.7 Å². The average molecular weight is 403 g/mol. The molecule has 148 valence electrons. The number of aryl methyl sites for hydroxylation is 2. The number of rotatable bonds is 4. The third-order valence-electron chi connectivity index (χ3n) is 4.61. The molecule has 0 N–H and O–H groups in total. The van der Waals surface area contributed by atoms with E-state index in [1.54, 1.807) is 13.0 Å². The summed E-state index contributed by atoms with van der Waals surface area (Å²) in [6.45, 7) is 4.30. The Hall–Kier alpha value is -1.91. The quantitative estimate of drug-likeness (QED) is 0.786. The lowest BCUT2D eigenvalue weighted by molar-refractivity contribution is -0.138. The van der Waals surface area contributed by atoms with Gasteiger partial charge in [0.2, 0.25) is 10.0 Å². The average Bonchev–Trinajstić information content (AvgIpc) is 2.94. The molecule has 10 heteroatoms. The van der Waals surface area contributed by atoms with Crippen LogP contribution in [0.5, 0.6) is 0 Å². The zero-order valence-electron chi connectivity index (χ0n) is 15.0. The third-order valence-corrected chi connectivity index (χ3v) is 6.76. The molecule has 0 radical (unpaired) electrons. The Labute approximate surface area is 155 Å². The molecule has 1 aliphatic heterocycles. The molecular weight excluding hydrogens is 383 g/mol. The molecule has 1 aliphatic rings.